The van der Waals surface area contributed by atoms with Gasteiger partial charge >= 0.3 is 5.69 Å². The van der Waals surface area contributed by atoms with Crippen molar-refractivity contribution in [1.29, 1.82) is 0 Å². The fraction of sp³-hybridized carbons (Fsp3) is 0.120. The highest BCUT2D eigenvalue weighted by Crippen LogP contribution is 2.42. The van der Waals surface area contributed by atoms with Crippen molar-refractivity contribution in [3.8, 4) is 5.75 Å². The monoisotopic (exact) mass is 458 g/mol. The summed E-state index contributed by atoms with van der Waals surface area (Å²) in [6, 6.07) is 16.5. The van der Waals surface area contributed by atoms with Crippen LogP contribution in [-0.4, -0.2) is 21.8 Å². The summed E-state index contributed by atoms with van der Waals surface area (Å²) in [5.74, 6) is -1.44. The number of amides is 2. The predicted octanol–water partition coefficient (Wildman–Crippen LogP) is 4.26. The van der Waals surface area contributed by atoms with Crippen LogP contribution in [0.15, 0.2) is 66.4 Å². The Hall–Kier alpha value is -4.66. The Morgan fingerprint density at radius 1 is 1.00 bits per heavy atom. The van der Waals surface area contributed by atoms with Gasteiger partial charge in [-0.1, -0.05) is 24.3 Å². The van der Waals surface area contributed by atoms with E-state index in [4.69, 9.17) is 0 Å². The average molecular weight is 458 g/mol. The van der Waals surface area contributed by atoms with Gasteiger partial charge in [-0.2, -0.15) is 0 Å². The van der Waals surface area contributed by atoms with Gasteiger partial charge < -0.3 is 10.5 Å². The van der Waals surface area contributed by atoms with Crippen LogP contribution >= 0.6 is 0 Å². The normalized spacial score (nSPS) is 14.0. The Kier molecular flexibility index (Phi) is 5.77. The maximum atomic E-state index is 13.5. The predicted molar refractivity (Wildman–Crippen MR) is 127 cm³/mol. The largest absolute Gasteiger partial charge is 0.502 e. The number of aromatic hydroxyl groups is 1. The number of benzene rings is 3. The number of fused-ring (bicyclic) bond motifs is 1. The summed E-state index contributed by atoms with van der Waals surface area (Å²) < 4.78 is 0. The zero-order valence-corrected chi connectivity index (χ0v) is 18.7. The topological polar surface area (TPSA) is 125 Å². The van der Waals surface area contributed by atoms with Crippen LogP contribution in [0.2, 0.25) is 0 Å². The van der Waals surface area contributed by atoms with Crippen molar-refractivity contribution in [2.24, 2.45) is 0 Å². The summed E-state index contributed by atoms with van der Waals surface area (Å²) in [6.07, 6.45) is 0. The number of hydrazine groups is 1. The first-order valence-electron chi connectivity index (χ1n) is 10.4. The van der Waals surface area contributed by atoms with E-state index in [-0.39, 0.29) is 11.5 Å². The van der Waals surface area contributed by atoms with E-state index in [1.54, 1.807) is 11.8 Å². The molecule has 1 heterocycles. The molecule has 0 saturated heterocycles. The van der Waals surface area contributed by atoms with Gasteiger partial charge in [0.1, 0.15) is 0 Å². The molecule has 3 N–H and O–H groups in total. The Morgan fingerprint density at radius 2 is 1.74 bits per heavy atom. The molecule has 0 bridgehead atoms. The second-order valence-electron chi connectivity index (χ2n) is 7.97. The molecular formula is C25H22N4O5. The van der Waals surface area contributed by atoms with Gasteiger partial charge in [0.25, 0.3) is 11.8 Å². The zero-order valence-electron chi connectivity index (χ0n) is 18.7. The molecule has 172 valence electrons. The van der Waals surface area contributed by atoms with E-state index in [1.807, 2.05) is 56.3 Å². The molecule has 0 unspecified atom stereocenters. The Morgan fingerprint density at radius 3 is 2.44 bits per heavy atom. The summed E-state index contributed by atoms with van der Waals surface area (Å²) in [7, 11) is 0. The molecule has 0 aromatic heterocycles. The summed E-state index contributed by atoms with van der Waals surface area (Å²) in [4.78, 5) is 37.9. The molecule has 0 spiro atoms. The van der Waals surface area contributed by atoms with Crippen LogP contribution in [-0.2, 0) is 4.79 Å². The van der Waals surface area contributed by atoms with E-state index in [2.05, 4.69) is 10.9 Å². The van der Waals surface area contributed by atoms with E-state index in [9.17, 15) is 24.8 Å². The SMILES string of the molecule is CC(NNC(=O)c1ccc(O)c([N+](=O)[O-])c1)=C1C(=O)N(c2ccc(C)c(C)c2)c2ccccc21. The third-order valence-electron chi connectivity index (χ3n) is 5.75. The molecule has 1 aliphatic rings. The third-order valence-corrected chi connectivity index (χ3v) is 5.75. The Bertz CT molecular complexity index is 1380. The van der Waals surface area contributed by atoms with Gasteiger partial charge in [-0.3, -0.25) is 30.0 Å². The number of hydrogen-bond acceptors (Lipinski definition) is 6. The number of carbonyl (C=O) groups excluding carboxylic acids is 2. The lowest BCUT2D eigenvalue weighted by molar-refractivity contribution is -0.385. The van der Waals surface area contributed by atoms with Crippen molar-refractivity contribution in [2.45, 2.75) is 20.8 Å². The molecular weight excluding hydrogens is 436 g/mol. The van der Waals surface area contributed by atoms with E-state index in [1.165, 1.54) is 6.07 Å². The number of carbonyl (C=O) groups is 2. The van der Waals surface area contributed by atoms with E-state index < -0.39 is 22.3 Å². The van der Waals surface area contributed by atoms with Gasteiger partial charge in [-0.15, -0.1) is 0 Å². The molecule has 2 amide bonds. The second kappa shape index (κ2) is 8.70. The standard InChI is InChI=1S/C25H22N4O5/c1-14-8-10-18(12-15(14)2)28-20-7-5-4-6-19(20)23(25(28)32)16(3)26-27-24(31)17-9-11-22(30)21(13-17)29(33)34/h4-13,26,30H,1-3H3,(H,27,31). The number of phenols is 1. The highest BCUT2D eigenvalue weighted by molar-refractivity contribution is 6.35. The van der Waals surface area contributed by atoms with Gasteiger partial charge in [-0.25, -0.2) is 0 Å². The van der Waals surface area contributed by atoms with Crippen molar-refractivity contribution in [3.05, 3.63) is 98.7 Å². The molecule has 3 aromatic carbocycles. The molecule has 34 heavy (non-hydrogen) atoms. The molecule has 0 fully saturated rings. The number of nitro groups is 1. The minimum absolute atomic E-state index is 0.0234. The van der Waals surface area contributed by atoms with Crippen LogP contribution < -0.4 is 15.8 Å². The number of nitrogens with one attached hydrogen (secondary N) is 2. The minimum Gasteiger partial charge on any atom is -0.502 e. The number of rotatable bonds is 5. The van der Waals surface area contributed by atoms with Crippen molar-refractivity contribution >= 4 is 34.4 Å². The van der Waals surface area contributed by atoms with E-state index >= 15 is 0 Å². The van der Waals surface area contributed by atoms with Crippen molar-refractivity contribution in [2.75, 3.05) is 4.90 Å². The quantitative estimate of drug-likeness (QED) is 0.298. The van der Waals surface area contributed by atoms with Gasteiger partial charge in [-0.05, 0) is 62.2 Å². The first kappa shape index (κ1) is 22.5. The smallest absolute Gasteiger partial charge is 0.311 e. The number of nitrogens with zero attached hydrogens (tertiary/aromatic N) is 2. The van der Waals surface area contributed by atoms with Crippen LogP contribution in [0, 0.1) is 24.0 Å². The van der Waals surface area contributed by atoms with Crippen LogP contribution in [0.1, 0.15) is 34.0 Å². The molecule has 0 atom stereocenters. The van der Waals surface area contributed by atoms with E-state index in [0.29, 0.717) is 16.8 Å². The van der Waals surface area contributed by atoms with Crippen molar-refractivity contribution in [3.63, 3.8) is 0 Å². The Labute approximate surface area is 195 Å². The lowest BCUT2D eigenvalue weighted by Crippen LogP contribution is -2.37. The van der Waals surface area contributed by atoms with Gasteiger partial charge in [0.05, 0.1) is 16.2 Å². The molecule has 1 aliphatic heterocycles. The lowest BCUT2D eigenvalue weighted by Gasteiger charge is -2.18. The highest BCUT2D eigenvalue weighted by Gasteiger charge is 2.35. The zero-order chi connectivity index (χ0) is 24.6. The summed E-state index contributed by atoms with van der Waals surface area (Å²) in [5.41, 5.74) is 9.78. The molecule has 9 heteroatoms. The first-order chi connectivity index (χ1) is 16.2. The molecule has 0 radical (unpaired) electrons. The van der Waals surface area contributed by atoms with Crippen LogP contribution in [0.25, 0.3) is 5.57 Å². The molecule has 3 aromatic rings. The van der Waals surface area contributed by atoms with Gasteiger partial charge in [0, 0.05) is 28.6 Å². The summed E-state index contributed by atoms with van der Waals surface area (Å²) >= 11 is 0. The van der Waals surface area contributed by atoms with Gasteiger partial charge in [0.15, 0.2) is 5.75 Å². The highest BCUT2D eigenvalue weighted by atomic mass is 16.6. The lowest BCUT2D eigenvalue weighted by atomic mass is 10.1. The average Bonchev–Trinajstić information content (AvgIpc) is 3.11. The first-order valence-corrected chi connectivity index (χ1v) is 10.4. The number of nitro benzene ring substituents is 1. The number of anilines is 2. The van der Waals surface area contributed by atoms with Crippen LogP contribution in [0.5, 0.6) is 5.75 Å². The maximum absolute atomic E-state index is 13.5. The molecule has 0 aliphatic carbocycles. The summed E-state index contributed by atoms with van der Waals surface area (Å²) in [5, 5.41) is 20.6. The van der Waals surface area contributed by atoms with E-state index in [0.717, 1.165) is 34.6 Å². The molecule has 4 rings (SSSR count). The molecule has 9 nitrogen and oxygen atoms in total. The maximum Gasteiger partial charge on any atom is 0.311 e. The minimum atomic E-state index is -0.776. The number of aryl methyl sites for hydroxylation is 2. The number of allylic oxidation sites excluding steroid dienone is 1. The van der Waals surface area contributed by atoms with Crippen LogP contribution in [0.3, 0.4) is 0 Å². The van der Waals surface area contributed by atoms with Crippen molar-refractivity contribution < 1.29 is 19.6 Å². The fourth-order valence-electron chi connectivity index (χ4n) is 3.80. The third kappa shape index (κ3) is 3.95. The van der Waals surface area contributed by atoms with Crippen molar-refractivity contribution in [1.82, 2.24) is 10.9 Å². The fourth-order valence-corrected chi connectivity index (χ4v) is 3.80. The number of para-hydroxylation sites is 1. The Balaban J connectivity index is 1.63. The number of phenolic OH excluding ortho intramolecular Hbond substituents is 1. The van der Waals surface area contributed by atoms with Crippen LogP contribution in [0.4, 0.5) is 17.1 Å². The summed E-state index contributed by atoms with van der Waals surface area (Å²) in [6.45, 7) is 5.65. The number of hydrogen-bond donors (Lipinski definition) is 3. The molecule has 0 saturated carbocycles. The van der Waals surface area contributed by atoms with Gasteiger partial charge in [0.2, 0.25) is 0 Å². The second-order valence-corrected chi connectivity index (χ2v) is 7.97.